The van der Waals surface area contributed by atoms with Crippen LogP contribution >= 0.6 is 0 Å². The Balaban J connectivity index is 1.56. The minimum atomic E-state index is -4.61. The zero-order valence-electron chi connectivity index (χ0n) is 15.2. The maximum Gasteiger partial charge on any atom is 0.417 e. The maximum atomic E-state index is 13.1. The van der Waals surface area contributed by atoms with Crippen molar-refractivity contribution in [2.75, 3.05) is 0 Å². The van der Waals surface area contributed by atoms with Crippen molar-refractivity contribution < 1.29 is 22.7 Å². The topological polar surface area (TPSA) is 79.9 Å². The molecule has 0 atom stereocenters. The Bertz CT molecular complexity index is 893. The first kappa shape index (κ1) is 19.7. The van der Waals surface area contributed by atoms with Crippen LogP contribution in [0, 0.1) is 11.3 Å². The van der Waals surface area contributed by atoms with Crippen LogP contribution in [-0.4, -0.2) is 27.6 Å². The van der Waals surface area contributed by atoms with Crippen molar-refractivity contribution in [1.29, 1.82) is 5.26 Å². The number of carbonyl (C=O) groups is 1. The van der Waals surface area contributed by atoms with Crippen molar-refractivity contribution in [1.82, 2.24) is 14.9 Å². The van der Waals surface area contributed by atoms with Gasteiger partial charge in [-0.15, -0.1) is 0 Å². The number of hydrogen-bond acceptors (Lipinski definition) is 4. The number of hydrogen-bond donors (Lipinski definition) is 1. The molecule has 0 bridgehead atoms. The van der Waals surface area contributed by atoms with Gasteiger partial charge >= 0.3 is 6.18 Å². The van der Waals surface area contributed by atoms with Crippen molar-refractivity contribution >= 4 is 5.91 Å². The van der Waals surface area contributed by atoms with Crippen LogP contribution in [0.3, 0.4) is 0 Å². The van der Waals surface area contributed by atoms with Gasteiger partial charge in [-0.05, 0) is 43.9 Å². The highest BCUT2D eigenvalue weighted by molar-refractivity contribution is 5.92. The van der Waals surface area contributed by atoms with Crippen LogP contribution in [0.25, 0.3) is 0 Å². The lowest BCUT2D eigenvalue weighted by molar-refractivity contribution is -0.137. The Morgan fingerprint density at radius 2 is 2.04 bits per heavy atom. The van der Waals surface area contributed by atoms with Gasteiger partial charge in [0.05, 0.1) is 29.6 Å². The zero-order valence-corrected chi connectivity index (χ0v) is 15.2. The van der Waals surface area contributed by atoms with Crippen LogP contribution in [0.15, 0.2) is 30.7 Å². The number of nitrogens with one attached hydrogen (secondary N) is 1. The molecule has 1 aliphatic rings. The average molecular weight is 392 g/mol. The molecule has 3 rings (SSSR count). The highest BCUT2D eigenvalue weighted by atomic mass is 19.4. The summed E-state index contributed by atoms with van der Waals surface area (Å²) in [5, 5.41) is 11.8. The molecule has 1 saturated carbocycles. The van der Waals surface area contributed by atoms with Gasteiger partial charge in [0.1, 0.15) is 11.4 Å². The number of benzene rings is 1. The molecule has 1 aliphatic carbocycles. The molecule has 1 aromatic carbocycles. The molecule has 1 aromatic heterocycles. The number of ether oxygens (including phenoxy) is 1. The number of nitrogens with zero attached hydrogens (tertiary/aromatic N) is 3. The number of carbonyl (C=O) groups excluding carboxylic acids is 1. The van der Waals surface area contributed by atoms with Gasteiger partial charge in [0.25, 0.3) is 5.91 Å². The van der Waals surface area contributed by atoms with Gasteiger partial charge in [0.15, 0.2) is 0 Å². The molecule has 9 heteroatoms. The average Bonchev–Trinajstić information content (AvgIpc) is 3.09. The Morgan fingerprint density at radius 3 is 2.61 bits per heavy atom. The van der Waals surface area contributed by atoms with Crippen molar-refractivity contribution in [2.45, 2.75) is 44.0 Å². The smallest absolute Gasteiger partial charge is 0.417 e. The Morgan fingerprint density at radius 1 is 1.32 bits per heavy atom. The number of halogens is 3. The number of alkyl halides is 3. The summed E-state index contributed by atoms with van der Waals surface area (Å²) in [7, 11) is 1.78. The quantitative estimate of drug-likeness (QED) is 0.865. The predicted molar refractivity (Wildman–Crippen MR) is 93.5 cm³/mol. The molecule has 28 heavy (non-hydrogen) atoms. The minimum Gasteiger partial charge on any atom is -0.490 e. The van der Waals surface area contributed by atoms with E-state index in [1.807, 2.05) is 0 Å². The molecule has 0 saturated heterocycles. The van der Waals surface area contributed by atoms with E-state index in [9.17, 15) is 18.0 Å². The van der Waals surface area contributed by atoms with E-state index in [2.05, 4.69) is 10.3 Å². The van der Waals surface area contributed by atoms with Crippen molar-refractivity contribution in [2.24, 2.45) is 7.05 Å². The van der Waals surface area contributed by atoms with E-state index in [0.717, 1.165) is 12.1 Å². The zero-order chi connectivity index (χ0) is 20.3. The number of nitriles is 1. The van der Waals surface area contributed by atoms with Crippen LogP contribution in [0.5, 0.6) is 5.75 Å². The summed E-state index contributed by atoms with van der Waals surface area (Å²) in [6, 6.07) is 4.89. The second-order valence-corrected chi connectivity index (χ2v) is 6.81. The summed E-state index contributed by atoms with van der Waals surface area (Å²) in [6.07, 6.45) is 0.856. The van der Waals surface area contributed by atoms with Gasteiger partial charge in [0, 0.05) is 19.3 Å². The van der Waals surface area contributed by atoms with E-state index in [0.29, 0.717) is 31.4 Å². The van der Waals surface area contributed by atoms with Gasteiger partial charge in [-0.25, -0.2) is 4.98 Å². The maximum absolute atomic E-state index is 13.1. The van der Waals surface area contributed by atoms with Crippen LogP contribution in [-0.2, 0) is 13.2 Å². The predicted octanol–water partition coefficient (Wildman–Crippen LogP) is 3.43. The molecule has 1 fully saturated rings. The lowest BCUT2D eigenvalue weighted by atomic mass is 9.92. The fraction of sp³-hybridized carbons (Fsp3) is 0.421. The van der Waals surface area contributed by atoms with Gasteiger partial charge in [-0.1, -0.05) is 0 Å². The molecular formula is C19H19F3N4O2. The third kappa shape index (κ3) is 4.63. The fourth-order valence-electron chi connectivity index (χ4n) is 3.24. The Labute approximate surface area is 159 Å². The lowest BCUT2D eigenvalue weighted by Crippen LogP contribution is -2.39. The summed E-state index contributed by atoms with van der Waals surface area (Å²) >= 11 is 0. The number of aryl methyl sites for hydroxylation is 1. The molecule has 0 unspecified atom stereocenters. The molecule has 1 N–H and O–H groups in total. The van der Waals surface area contributed by atoms with Gasteiger partial charge < -0.3 is 14.6 Å². The molecule has 6 nitrogen and oxygen atoms in total. The molecule has 1 heterocycles. The van der Waals surface area contributed by atoms with Crippen molar-refractivity contribution in [3.63, 3.8) is 0 Å². The van der Waals surface area contributed by atoms with E-state index >= 15 is 0 Å². The second-order valence-electron chi connectivity index (χ2n) is 6.81. The second kappa shape index (κ2) is 7.92. The van der Waals surface area contributed by atoms with E-state index in [1.165, 1.54) is 6.07 Å². The number of rotatable bonds is 4. The minimum absolute atomic E-state index is 0.0268. The highest BCUT2D eigenvalue weighted by Gasteiger charge is 2.34. The first-order valence-electron chi connectivity index (χ1n) is 8.83. The molecule has 0 aliphatic heterocycles. The summed E-state index contributed by atoms with van der Waals surface area (Å²) in [5.41, 5.74) is -1.08. The van der Waals surface area contributed by atoms with Crippen molar-refractivity contribution in [3.05, 3.63) is 47.5 Å². The van der Waals surface area contributed by atoms with E-state index in [1.54, 1.807) is 30.2 Å². The van der Waals surface area contributed by atoms with Gasteiger partial charge in [-0.3, -0.25) is 4.79 Å². The molecule has 148 valence electrons. The molecule has 0 spiro atoms. The molecule has 1 amide bonds. The Hall–Kier alpha value is -3.02. The molecule has 0 radical (unpaired) electrons. The van der Waals surface area contributed by atoms with Crippen molar-refractivity contribution in [3.8, 4) is 11.8 Å². The SMILES string of the molecule is Cn1cnc(C(=O)N[C@H]2CC[C@H](Oc3ccc(C#N)c(C(F)(F)F)c3)CC2)c1. The van der Waals surface area contributed by atoms with Gasteiger partial charge in [-0.2, -0.15) is 18.4 Å². The van der Waals surface area contributed by atoms with Crippen LogP contribution < -0.4 is 10.1 Å². The molecule has 2 aromatic rings. The fourth-order valence-corrected chi connectivity index (χ4v) is 3.24. The third-order valence-corrected chi connectivity index (χ3v) is 4.67. The number of amides is 1. The largest absolute Gasteiger partial charge is 0.490 e. The Kier molecular flexibility index (Phi) is 5.58. The first-order valence-corrected chi connectivity index (χ1v) is 8.83. The lowest BCUT2D eigenvalue weighted by Gasteiger charge is -2.29. The summed E-state index contributed by atoms with van der Waals surface area (Å²) in [4.78, 5) is 16.1. The van der Waals surface area contributed by atoms with Crippen LogP contribution in [0.2, 0.25) is 0 Å². The van der Waals surface area contributed by atoms with E-state index in [-0.39, 0.29) is 23.8 Å². The number of aromatic nitrogens is 2. The van der Waals surface area contributed by atoms with Crippen LogP contribution in [0.4, 0.5) is 13.2 Å². The third-order valence-electron chi connectivity index (χ3n) is 4.67. The first-order chi connectivity index (χ1) is 13.3. The van der Waals surface area contributed by atoms with Gasteiger partial charge in [0.2, 0.25) is 0 Å². The van der Waals surface area contributed by atoms with E-state index < -0.39 is 17.3 Å². The van der Waals surface area contributed by atoms with E-state index in [4.69, 9.17) is 10.00 Å². The normalized spacial score (nSPS) is 19.7. The summed E-state index contributed by atoms with van der Waals surface area (Å²) in [5.74, 6) is -0.154. The monoisotopic (exact) mass is 392 g/mol. The number of imidazole rings is 1. The van der Waals surface area contributed by atoms with Crippen LogP contribution in [0.1, 0.15) is 47.3 Å². The highest BCUT2D eigenvalue weighted by Crippen LogP contribution is 2.35. The molecular weight excluding hydrogens is 373 g/mol. The summed E-state index contributed by atoms with van der Waals surface area (Å²) < 4.78 is 46.5. The standard InChI is InChI=1S/C19H19F3N4O2/c1-26-10-17(24-11-26)18(27)25-13-3-6-14(7-4-13)28-15-5-2-12(9-23)16(8-15)19(20,21)22/h2,5,8,10-11,13-14H,3-4,6-7H2,1H3,(H,25,27)/t13-,14-. The summed E-state index contributed by atoms with van der Waals surface area (Å²) in [6.45, 7) is 0.